The molecule has 2 saturated heterocycles. The van der Waals surface area contributed by atoms with Crippen molar-refractivity contribution in [2.75, 3.05) is 13.2 Å². The Labute approximate surface area is 311 Å². The van der Waals surface area contributed by atoms with Gasteiger partial charge in [-0.15, -0.1) is 0 Å². The fourth-order valence-electron chi connectivity index (χ4n) is 8.00. The summed E-state index contributed by atoms with van der Waals surface area (Å²) in [5, 5.41) is 15.3. The SMILES string of the molecule is CC(C)(C)OC(=O)CCC(CO)NC(=O)CCNC(=O)C1=CC2OC(C3CC3)(C3CC3)OC2C(OC(=O)c2cccc(C=CC3CCC4OC4C3)c2)C1. The van der Waals surface area contributed by atoms with Crippen LogP contribution < -0.4 is 10.6 Å². The molecule has 2 heterocycles. The van der Waals surface area contributed by atoms with E-state index in [-0.39, 0.29) is 62.5 Å². The van der Waals surface area contributed by atoms with Gasteiger partial charge in [0, 0.05) is 43.2 Å². The lowest BCUT2D eigenvalue weighted by molar-refractivity contribution is -0.209. The first-order valence-corrected chi connectivity index (χ1v) is 19.5. The minimum absolute atomic E-state index is 0.0289. The zero-order valence-electron chi connectivity index (χ0n) is 31.1. The Balaban J connectivity index is 0.960. The molecule has 288 valence electrons. The Kier molecular flexibility index (Phi) is 11.1. The molecule has 7 rings (SSSR count). The van der Waals surface area contributed by atoms with Gasteiger partial charge in [-0.2, -0.15) is 0 Å². The first-order valence-electron chi connectivity index (χ1n) is 19.5. The number of carbonyl (C=O) groups is 4. The second kappa shape index (κ2) is 15.6. The molecular formula is C41H54N2O10. The van der Waals surface area contributed by atoms with Crippen molar-refractivity contribution in [3.05, 3.63) is 53.1 Å². The molecule has 0 radical (unpaired) electrons. The van der Waals surface area contributed by atoms with Crippen LogP contribution in [0.15, 0.2) is 42.0 Å². The predicted molar refractivity (Wildman–Crippen MR) is 193 cm³/mol. The Morgan fingerprint density at radius 2 is 1.79 bits per heavy atom. The fraction of sp³-hybridized carbons (Fsp3) is 0.659. The van der Waals surface area contributed by atoms with Crippen LogP contribution in [0.4, 0.5) is 0 Å². The van der Waals surface area contributed by atoms with Gasteiger partial charge in [0.15, 0.2) is 5.79 Å². The van der Waals surface area contributed by atoms with Gasteiger partial charge in [-0.05, 0) is 102 Å². The number of hydrogen-bond acceptors (Lipinski definition) is 10. The van der Waals surface area contributed by atoms with E-state index in [0.29, 0.717) is 29.3 Å². The quantitative estimate of drug-likeness (QED) is 0.173. The van der Waals surface area contributed by atoms with Gasteiger partial charge >= 0.3 is 11.9 Å². The number of benzene rings is 1. The van der Waals surface area contributed by atoms with Gasteiger partial charge in [-0.1, -0.05) is 24.3 Å². The number of amides is 2. The molecule has 3 saturated carbocycles. The number of aliphatic hydroxyl groups excluding tert-OH is 1. The molecule has 12 heteroatoms. The molecule has 1 aromatic carbocycles. The number of nitrogens with one attached hydrogen (secondary N) is 2. The van der Waals surface area contributed by atoms with Crippen LogP contribution in [0.25, 0.3) is 6.08 Å². The van der Waals surface area contributed by atoms with Gasteiger partial charge in [0.05, 0.1) is 30.4 Å². The molecule has 4 aliphatic carbocycles. The van der Waals surface area contributed by atoms with E-state index in [4.69, 9.17) is 23.7 Å². The van der Waals surface area contributed by atoms with E-state index in [1.807, 2.05) is 18.2 Å². The number of esters is 2. The molecule has 53 heavy (non-hydrogen) atoms. The summed E-state index contributed by atoms with van der Waals surface area (Å²) in [6, 6.07) is 6.76. The third-order valence-electron chi connectivity index (χ3n) is 11.0. The van der Waals surface area contributed by atoms with E-state index < -0.39 is 47.7 Å². The summed E-state index contributed by atoms with van der Waals surface area (Å²) in [4.78, 5) is 51.9. The highest BCUT2D eigenvalue weighted by Crippen LogP contribution is 2.59. The first-order chi connectivity index (χ1) is 25.4. The third-order valence-corrected chi connectivity index (χ3v) is 11.0. The zero-order chi connectivity index (χ0) is 37.3. The van der Waals surface area contributed by atoms with Crippen LogP contribution in [-0.4, -0.2) is 90.0 Å². The van der Waals surface area contributed by atoms with E-state index in [9.17, 15) is 24.3 Å². The Morgan fingerprint density at radius 3 is 2.49 bits per heavy atom. The van der Waals surface area contributed by atoms with Crippen molar-refractivity contribution < 1.29 is 48.0 Å². The van der Waals surface area contributed by atoms with Crippen molar-refractivity contribution in [2.45, 2.75) is 139 Å². The maximum Gasteiger partial charge on any atom is 0.338 e. The fourth-order valence-corrected chi connectivity index (χ4v) is 8.00. The van der Waals surface area contributed by atoms with Crippen molar-refractivity contribution in [1.29, 1.82) is 0 Å². The zero-order valence-corrected chi connectivity index (χ0v) is 31.1. The number of aliphatic hydroxyl groups is 1. The van der Waals surface area contributed by atoms with Crippen molar-refractivity contribution in [3.8, 4) is 0 Å². The van der Waals surface area contributed by atoms with Gasteiger partial charge in [0.2, 0.25) is 11.8 Å². The number of rotatable bonds is 15. The second-order valence-corrected chi connectivity index (χ2v) is 16.6. The smallest absolute Gasteiger partial charge is 0.338 e. The highest BCUT2D eigenvalue weighted by molar-refractivity contribution is 5.94. The van der Waals surface area contributed by atoms with Crippen molar-refractivity contribution >= 4 is 29.8 Å². The largest absolute Gasteiger partial charge is 0.460 e. The number of carbonyl (C=O) groups excluding carboxylic acids is 4. The molecule has 0 spiro atoms. The maximum absolute atomic E-state index is 13.7. The third kappa shape index (κ3) is 9.57. The first kappa shape index (κ1) is 37.7. The Bertz CT molecular complexity index is 1600. The van der Waals surface area contributed by atoms with Crippen molar-refractivity contribution in [2.24, 2.45) is 17.8 Å². The Morgan fingerprint density at radius 1 is 1.02 bits per heavy atom. The highest BCUT2D eigenvalue weighted by Gasteiger charge is 2.64. The average Bonchev–Trinajstić information content (AvgIpc) is 3.98. The van der Waals surface area contributed by atoms with E-state index in [2.05, 4.69) is 22.8 Å². The van der Waals surface area contributed by atoms with Crippen LogP contribution in [0.1, 0.15) is 107 Å². The maximum atomic E-state index is 13.7. The topological polar surface area (TPSA) is 162 Å². The standard InChI is InChI=1S/C41H54N2O10/c1-40(2,3)52-36(46)16-14-30(23-44)43-35(45)17-18-42-38(47)27-21-33(37-34(22-27)51-41(53-37,28-10-11-28)29-12-13-29)50-39(48)26-6-4-5-24(19-26)7-8-25-9-15-31-32(20-25)49-31/h4-8,19,22,25,28-34,37,44H,9-18,20-21,23H2,1-3H3,(H,42,47)(H,43,45). The summed E-state index contributed by atoms with van der Waals surface area (Å²) < 4.78 is 30.6. The summed E-state index contributed by atoms with van der Waals surface area (Å²) in [5.74, 6) is -1.32. The minimum atomic E-state index is -0.746. The van der Waals surface area contributed by atoms with E-state index in [1.54, 1.807) is 32.9 Å². The van der Waals surface area contributed by atoms with Gasteiger partial charge in [-0.3, -0.25) is 14.4 Å². The lowest BCUT2D eigenvalue weighted by Gasteiger charge is -2.31. The monoisotopic (exact) mass is 734 g/mol. The normalized spacial score (nSPS) is 29.3. The highest BCUT2D eigenvalue weighted by atomic mass is 16.8. The van der Waals surface area contributed by atoms with E-state index in [0.717, 1.165) is 50.5 Å². The molecular weight excluding hydrogens is 680 g/mol. The second-order valence-electron chi connectivity index (χ2n) is 16.6. The molecule has 0 bridgehead atoms. The van der Waals surface area contributed by atoms with Crippen LogP contribution >= 0.6 is 0 Å². The lowest BCUT2D eigenvalue weighted by Crippen LogP contribution is -2.44. The molecule has 6 aliphatic rings. The van der Waals surface area contributed by atoms with Crippen LogP contribution in [-0.2, 0) is 38.1 Å². The van der Waals surface area contributed by atoms with Crippen molar-refractivity contribution in [3.63, 3.8) is 0 Å². The van der Waals surface area contributed by atoms with Gasteiger partial charge in [0.25, 0.3) is 0 Å². The summed E-state index contributed by atoms with van der Waals surface area (Å²) in [6.07, 6.45) is 12.8. The van der Waals surface area contributed by atoms with Crippen LogP contribution in [0.3, 0.4) is 0 Å². The van der Waals surface area contributed by atoms with Crippen LogP contribution in [0.2, 0.25) is 0 Å². The van der Waals surface area contributed by atoms with Gasteiger partial charge in [0.1, 0.15) is 23.9 Å². The summed E-state index contributed by atoms with van der Waals surface area (Å²) >= 11 is 0. The molecule has 3 N–H and O–H groups in total. The molecule has 2 amide bonds. The summed E-state index contributed by atoms with van der Waals surface area (Å²) in [6.45, 7) is 5.04. The predicted octanol–water partition coefficient (Wildman–Crippen LogP) is 4.53. The lowest BCUT2D eigenvalue weighted by atomic mass is 9.88. The number of fused-ring (bicyclic) bond motifs is 2. The summed E-state index contributed by atoms with van der Waals surface area (Å²) in [5.41, 5.74) is 1.13. The van der Waals surface area contributed by atoms with Crippen molar-refractivity contribution in [1.82, 2.24) is 10.6 Å². The van der Waals surface area contributed by atoms with E-state index in [1.165, 1.54) is 0 Å². The molecule has 0 aromatic heterocycles. The number of hydrogen-bond donors (Lipinski definition) is 3. The molecule has 5 fully saturated rings. The van der Waals surface area contributed by atoms with Gasteiger partial charge < -0.3 is 39.4 Å². The number of epoxide rings is 1. The molecule has 2 aliphatic heterocycles. The van der Waals surface area contributed by atoms with Crippen LogP contribution in [0.5, 0.6) is 0 Å². The van der Waals surface area contributed by atoms with Crippen LogP contribution in [0, 0.1) is 17.8 Å². The number of ether oxygens (including phenoxy) is 5. The number of allylic oxidation sites excluding steroid dienone is 1. The molecule has 1 aromatic rings. The molecule has 7 unspecified atom stereocenters. The Hall–Kier alpha value is -3.58. The van der Waals surface area contributed by atoms with E-state index >= 15 is 0 Å². The average molecular weight is 735 g/mol. The van der Waals surface area contributed by atoms with Gasteiger partial charge in [-0.25, -0.2) is 4.79 Å². The molecule has 7 atom stereocenters. The summed E-state index contributed by atoms with van der Waals surface area (Å²) in [7, 11) is 0. The molecule has 12 nitrogen and oxygen atoms in total. The minimum Gasteiger partial charge on any atom is -0.460 e.